The Labute approximate surface area is 85.7 Å². The zero-order chi connectivity index (χ0) is 12.0. The molecule has 0 amide bonds. The van der Waals surface area contributed by atoms with Gasteiger partial charge in [0.25, 0.3) is 0 Å². The van der Waals surface area contributed by atoms with Gasteiger partial charge in [0.2, 0.25) is 0 Å². The smallest absolute Gasteiger partial charge is 0.320 e. The highest BCUT2D eigenvalue weighted by Gasteiger charge is 2.23. The maximum absolute atomic E-state index is 10.6. The summed E-state index contributed by atoms with van der Waals surface area (Å²) in [4.78, 5) is 31.3. The lowest BCUT2D eigenvalue weighted by molar-refractivity contribution is -0.142. The van der Waals surface area contributed by atoms with E-state index in [4.69, 9.17) is 15.3 Å². The first-order valence-electron chi connectivity index (χ1n) is 4.28. The number of hydrogen-bond acceptors (Lipinski definition) is 4. The van der Waals surface area contributed by atoms with Gasteiger partial charge >= 0.3 is 17.9 Å². The van der Waals surface area contributed by atoms with Crippen molar-refractivity contribution in [2.24, 2.45) is 0 Å². The minimum absolute atomic E-state index is 0.151. The lowest BCUT2D eigenvalue weighted by Gasteiger charge is -2.16. The van der Waals surface area contributed by atoms with Crippen LogP contribution >= 0.6 is 0 Å². The molecule has 1 unspecified atom stereocenters. The van der Waals surface area contributed by atoms with Crippen LogP contribution in [0.25, 0.3) is 0 Å². The van der Waals surface area contributed by atoms with E-state index in [-0.39, 0.29) is 12.8 Å². The van der Waals surface area contributed by atoms with Crippen LogP contribution in [0.5, 0.6) is 0 Å². The van der Waals surface area contributed by atoms with Crippen LogP contribution in [0.15, 0.2) is 0 Å². The van der Waals surface area contributed by atoms with Crippen molar-refractivity contribution in [3.63, 3.8) is 0 Å². The summed E-state index contributed by atoms with van der Waals surface area (Å²) < 4.78 is 0. The molecule has 4 N–H and O–H groups in total. The van der Waals surface area contributed by atoms with Crippen molar-refractivity contribution in [1.29, 1.82) is 0 Å². The van der Waals surface area contributed by atoms with E-state index >= 15 is 0 Å². The van der Waals surface area contributed by atoms with Gasteiger partial charge in [-0.3, -0.25) is 19.7 Å². The van der Waals surface area contributed by atoms with Crippen molar-refractivity contribution in [2.45, 2.75) is 31.8 Å². The van der Waals surface area contributed by atoms with Crippen LogP contribution in [-0.2, 0) is 14.4 Å². The van der Waals surface area contributed by atoms with Crippen LogP contribution < -0.4 is 5.32 Å². The van der Waals surface area contributed by atoms with E-state index in [9.17, 15) is 14.4 Å². The molecule has 0 aliphatic heterocycles. The molecule has 2 atom stereocenters. The normalized spacial score (nSPS) is 14.2. The average Bonchev–Trinajstić information content (AvgIpc) is 2.10. The molecule has 0 saturated heterocycles. The Hall–Kier alpha value is -1.63. The quantitative estimate of drug-likeness (QED) is 0.449. The van der Waals surface area contributed by atoms with Crippen molar-refractivity contribution in [3.8, 4) is 0 Å². The second kappa shape index (κ2) is 5.97. The van der Waals surface area contributed by atoms with Crippen LogP contribution in [0.2, 0.25) is 0 Å². The molecule has 0 spiro atoms. The first kappa shape index (κ1) is 13.4. The van der Waals surface area contributed by atoms with E-state index in [2.05, 4.69) is 5.32 Å². The molecule has 0 aromatic rings. The van der Waals surface area contributed by atoms with E-state index in [0.29, 0.717) is 0 Å². The Morgan fingerprint density at radius 1 is 1.13 bits per heavy atom. The lowest BCUT2D eigenvalue weighted by atomic mass is 10.1. The zero-order valence-electron chi connectivity index (χ0n) is 8.14. The molecule has 0 heterocycles. The highest BCUT2D eigenvalue weighted by Crippen LogP contribution is 1.99. The summed E-state index contributed by atoms with van der Waals surface area (Å²) in [5.41, 5.74) is 0. The summed E-state index contributed by atoms with van der Waals surface area (Å²) >= 11 is 0. The minimum Gasteiger partial charge on any atom is -0.481 e. The summed E-state index contributed by atoms with van der Waals surface area (Å²) in [7, 11) is 0. The summed E-state index contributed by atoms with van der Waals surface area (Å²) in [6.07, 6.45) is -0.474. The number of carboxylic acids is 3. The van der Waals surface area contributed by atoms with Crippen molar-refractivity contribution >= 4 is 17.9 Å². The molecule has 0 fully saturated rings. The van der Waals surface area contributed by atoms with Gasteiger partial charge < -0.3 is 15.3 Å². The van der Waals surface area contributed by atoms with Gasteiger partial charge in [-0.25, -0.2) is 0 Å². The Kier molecular flexibility index (Phi) is 5.32. The van der Waals surface area contributed by atoms with E-state index in [1.807, 2.05) is 0 Å². The van der Waals surface area contributed by atoms with Crippen LogP contribution in [0, 0.1) is 0 Å². The van der Waals surface area contributed by atoms with Gasteiger partial charge in [-0.15, -0.1) is 0 Å². The third kappa shape index (κ3) is 5.63. The predicted molar refractivity (Wildman–Crippen MR) is 48.5 cm³/mol. The largest absolute Gasteiger partial charge is 0.481 e. The molecule has 0 bridgehead atoms. The Bertz CT molecular complexity index is 264. The third-order valence-electron chi connectivity index (χ3n) is 1.77. The van der Waals surface area contributed by atoms with Crippen molar-refractivity contribution < 1.29 is 29.7 Å². The highest BCUT2D eigenvalue weighted by atomic mass is 16.4. The summed E-state index contributed by atoms with van der Waals surface area (Å²) in [5.74, 6) is -3.56. The maximum atomic E-state index is 10.6. The molecular weight excluding hydrogens is 206 g/mol. The summed E-state index contributed by atoms with van der Waals surface area (Å²) in [6.45, 7) is 1.29. The number of nitrogens with one attached hydrogen (secondary N) is 1. The number of rotatable bonds is 7. The SMILES string of the molecule is CC(N[C@@H](CCC(=O)O)C(=O)O)C(=O)O. The van der Waals surface area contributed by atoms with Gasteiger partial charge in [0.15, 0.2) is 0 Å². The monoisotopic (exact) mass is 219 g/mol. The first-order chi connectivity index (χ1) is 6.84. The fourth-order valence-electron chi connectivity index (χ4n) is 0.919. The van der Waals surface area contributed by atoms with E-state index in [1.54, 1.807) is 0 Å². The molecule has 7 nitrogen and oxygen atoms in total. The van der Waals surface area contributed by atoms with Crippen molar-refractivity contribution in [1.82, 2.24) is 5.32 Å². The maximum Gasteiger partial charge on any atom is 0.320 e. The zero-order valence-corrected chi connectivity index (χ0v) is 8.14. The van der Waals surface area contributed by atoms with Crippen LogP contribution in [0.3, 0.4) is 0 Å². The molecular formula is C8H13NO6. The Balaban J connectivity index is 4.22. The molecule has 86 valence electrons. The molecule has 0 rings (SSSR count). The number of hydrogen-bond donors (Lipinski definition) is 4. The van der Waals surface area contributed by atoms with Gasteiger partial charge in [0.1, 0.15) is 12.1 Å². The van der Waals surface area contributed by atoms with E-state index in [1.165, 1.54) is 6.92 Å². The molecule has 0 saturated carbocycles. The van der Waals surface area contributed by atoms with Crippen LogP contribution in [-0.4, -0.2) is 45.3 Å². The molecule has 0 aliphatic carbocycles. The standard InChI is InChI=1S/C8H13NO6/c1-4(7(12)13)9-5(8(14)15)2-3-6(10)11/h4-5,9H,2-3H2,1H3,(H,10,11)(H,12,13)(H,14,15)/t4?,5-/m0/s1. The molecule has 0 radical (unpaired) electrons. The van der Waals surface area contributed by atoms with Crippen molar-refractivity contribution in [3.05, 3.63) is 0 Å². The second-order valence-electron chi connectivity index (χ2n) is 3.05. The summed E-state index contributed by atoms with van der Waals surface area (Å²) in [5, 5.41) is 27.8. The lowest BCUT2D eigenvalue weighted by Crippen LogP contribution is -2.45. The van der Waals surface area contributed by atoms with E-state index in [0.717, 1.165) is 0 Å². The molecule has 0 aromatic heterocycles. The van der Waals surface area contributed by atoms with Gasteiger partial charge in [-0.05, 0) is 13.3 Å². The van der Waals surface area contributed by atoms with Gasteiger partial charge in [0.05, 0.1) is 0 Å². The predicted octanol–water partition coefficient (Wildman–Crippen LogP) is -0.633. The fourth-order valence-corrected chi connectivity index (χ4v) is 0.919. The molecule has 7 heteroatoms. The topological polar surface area (TPSA) is 124 Å². The first-order valence-corrected chi connectivity index (χ1v) is 4.28. The van der Waals surface area contributed by atoms with Crippen LogP contribution in [0.1, 0.15) is 19.8 Å². The number of aliphatic carboxylic acids is 3. The van der Waals surface area contributed by atoms with Crippen molar-refractivity contribution in [2.75, 3.05) is 0 Å². The average molecular weight is 219 g/mol. The molecule has 0 aromatic carbocycles. The van der Waals surface area contributed by atoms with Gasteiger partial charge in [-0.2, -0.15) is 0 Å². The second-order valence-corrected chi connectivity index (χ2v) is 3.05. The molecule has 0 aliphatic rings. The molecule has 15 heavy (non-hydrogen) atoms. The minimum atomic E-state index is -1.26. The number of carbonyl (C=O) groups is 3. The summed E-state index contributed by atoms with van der Waals surface area (Å²) in [6, 6.07) is -2.19. The van der Waals surface area contributed by atoms with Gasteiger partial charge in [-0.1, -0.05) is 0 Å². The fraction of sp³-hybridized carbons (Fsp3) is 0.625. The number of carboxylic acid groups (broad SMARTS) is 3. The Morgan fingerprint density at radius 3 is 2.00 bits per heavy atom. The Morgan fingerprint density at radius 2 is 1.67 bits per heavy atom. The van der Waals surface area contributed by atoms with E-state index < -0.39 is 30.0 Å². The highest BCUT2D eigenvalue weighted by molar-refractivity contribution is 5.77. The van der Waals surface area contributed by atoms with Crippen LogP contribution in [0.4, 0.5) is 0 Å². The van der Waals surface area contributed by atoms with Gasteiger partial charge in [0, 0.05) is 6.42 Å². The third-order valence-corrected chi connectivity index (χ3v) is 1.77.